The van der Waals surface area contributed by atoms with Crippen LogP contribution in [-0.4, -0.2) is 37.8 Å². The molecule has 2 nitrogen and oxygen atoms in total. The zero-order valence-electron chi connectivity index (χ0n) is 11.5. The molecule has 0 saturated carbocycles. The van der Waals surface area contributed by atoms with Crippen molar-refractivity contribution in [1.82, 2.24) is 10.2 Å². The molecule has 0 aromatic heterocycles. The number of hydrogen-bond acceptors (Lipinski definition) is 3. The van der Waals surface area contributed by atoms with Gasteiger partial charge in [-0.2, -0.15) is 0 Å². The molecule has 0 bridgehead atoms. The minimum absolute atomic E-state index is 0.877. The average molecular weight is 264 g/mol. The average Bonchev–Trinajstić information content (AvgIpc) is 2.40. The number of nitrogens with one attached hydrogen (secondary N) is 1. The zero-order valence-corrected chi connectivity index (χ0v) is 12.3. The van der Waals surface area contributed by atoms with Crippen LogP contribution in [0, 0.1) is 5.92 Å². The Labute approximate surface area is 115 Å². The normalized spacial score (nSPS) is 17.3. The summed E-state index contributed by atoms with van der Waals surface area (Å²) in [6.07, 6.45) is 4.78. The van der Waals surface area contributed by atoms with Gasteiger partial charge in [0.25, 0.3) is 0 Å². The van der Waals surface area contributed by atoms with Crippen molar-refractivity contribution in [2.45, 2.75) is 24.3 Å². The zero-order chi connectivity index (χ0) is 12.8. The molecule has 0 amide bonds. The fraction of sp³-hybridized carbons (Fsp3) is 0.600. The standard InChI is InChI=1S/C15H24N2S/c1-17(12-14-7-9-16-10-8-14)11-13-3-5-15(18-2)6-4-13/h3-6,14,16H,7-12H2,1-2H3. The quantitative estimate of drug-likeness (QED) is 0.823. The smallest absolute Gasteiger partial charge is 0.0230 e. The largest absolute Gasteiger partial charge is 0.317 e. The summed E-state index contributed by atoms with van der Waals surface area (Å²) in [5, 5.41) is 3.43. The van der Waals surface area contributed by atoms with Crippen molar-refractivity contribution in [3.8, 4) is 0 Å². The van der Waals surface area contributed by atoms with E-state index in [2.05, 4.69) is 47.8 Å². The topological polar surface area (TPSA) is 15.3 Å². The summed E-state index contributed by atoms with van der Waals surface area (Å²) in [6.45, 7) is 4.69. The van der Waals surface area contributed by atoms with Crippen LogP contribution in [0.2, 0.25) is 0 Å². The predicted octanol–water partition coefficient (Wildman–Crippen LogP) is 2.84. The first-order chi connectivity index (χ1) is 8.78. The molecule has 2 rings (SSSR count). The summed E-state index contributed by atoms with van der Waals surface area (Å²) < 4.78 is 0. The lowest BCUT2D eigenvalue weighted by molar-refractivity contribution is 0.234. The van der Waals surface area contributed by atoms with Gasteiger partial charge in [0.05, 0.1) is 0 Å². The van der Waals surface area contributed by atoms with Crippen molar-refractivity contribution in [1.29, 1.82) is 0 Å². The maximum Gasteiger partial charge on any atom is 0.0230 e. The highest BCUT2D eigenvalue weighted by molar-refractivity contribution is 7.98. The van der Waals surface area contributed by atoms with Crippen LogP contribution in [-0.2, 0) is 6.54 Å². The Morgan fingerprint density at radius 2 is 1.89 bits per heavy atom. The van der Waals surface area contributed by atoms with Crippen LogP contribution in [0.1, 0.15) is 18.4 Å². The van der Waals surface area contributed by atoms with Gasteiger partial charge in [-0.3, -0.25) is 0 Å². The Kier molecular flexibility index (Phi) is 5.54. The van der Waals surface area contributed by atoms with E-state index < -0.39 is 0 Å². The van der Waals surface area contributed by atoms with Crippen LogP contribution in [0.25, 0.3) is 0 Å². The van der Waals surface area contributed by atoms with Gasteiger partial charge in [-0.05, 0) is 62.8 Å². The molecular weight excluding hydrogens is 240 g/mol. The van der Waals surface area contributed by atoms with E-state index in [1.54, 1.807) is 11.8 Å². The number of benzene rings is 1. The van der Waals surface area contributed by atoms with Gasteiger partial charge in [0.1, 0.15) is 0 Å². The first-order valence-corrected chi connectivity index (χ1v) is 8.02. The Balaban J connectivity index is 1.80. The molecule has 100 valence electrons. The van der Waals surface area contributed by atoms with Crippen LogP contribution in [0.3, 0.4) is 0 Å². The molecule has 1 aliphatic heterocycles. The van der Waals surface area contributed by atoms with Gasteiger partial charge in [-0.15, -0.1) is 11.8 Å². The van der Waals surface area contributed by atoms with Gasteiger partial charge in [0.15, 0.2) is 0 Å². The lowest BCUT2D eigenvalue weighted by Crippen LogP contribution is -2.34. The van der Waals surface area contributed by atoms with Gasteiger partial charge >= 0.3 is 0 Å². The third-order valence-electron chi connectivity index (χ3n) is 3.64. The second-order valence-corrected chi connectivity index (χ2v) is 6.12. The Hall–Kier alpha value is -0.510. The minimum atomic E-state index is 0.877. The van der Waals surface area contributed by atoms with E-state index in [1.165, 1.54) is 42.9 Å². The van der Waals surface area contributed by atoms with Crippen molar-refractivity contribution in [2.75, 3.05) is 32.9 Å². The molecule has 0 radical (unpaired) electrons. The number of piperidine rings is 1. The lowest BCUT2D eigenvalue weighted by Gasteiger charge is -2.27. The van der Waals surface area contributed by atoms with E-state index in [0.29, 0.717) is 0 Å². The molecule has 0 spiro atoms. The minimum Gasteiger partial charge on any atom is -0.317 e. The molecule has 0 aliphatic carbocycles. The van der Waals surface area contributed by atoms with E-state index in [9.17, 15) is 0 Å². The molecule has 1 aromatic rings. The number of thioether (sulfide) groups is 1. The molecule has 1 aromatic carbocycles. The van der Waals surface area contributed by atoms with Crippen LogP contribution in [0.4, 0.5) is 0 Å². The van der Waals surface area contributed by atoms with E-state index in [4.69, 9.17) is 0 Å². The maximum atomic E-state index is 3.43. The second kappa shape index (κ2) is 7.17. The van der Waals surface area contributed by atoms with Crippen molar-refractivity contribution in [3.05, 3.63) is 29.8 Å². The fourth-order valence-corrected chi connectivity index (χ4v) is 3.02. The molecule has 0 atom stereocenters. The van der Waals surface area contributed by atoms with Crippen molar-refractivity contribution in [3.63, 3.8) is 0 Å². The molecular formula is C15H24N2S. The molecule has 1 N–H and O–H groups in total. The summed E-state index contributed by atoms with van der Waals surface area (Å²) in [5.74, 6) is 0.877. The van der Waals surface area contributed by atoms with Gasteiger partial charge in [0.2, 0.25) is 0 Å². The molecule has 3 heteroatoms. The van der Waals surface area contributed by atoms with E-state index in [-0.39, 0.29) is 0 Å². The maximum absolute atomic E-state index is 3.43. The van der Waals surface area contributed by atoms with Gasteiger partial charge in [-0.1, -0.05) is 12.1 Å². The SMILES string of the molecule is CSc1ccc(CN(C)CC2CCNCC2)cc1. The van der Waals surface area contributed by atoms with E-state index >= 15 is 0 Å². The van der Waals surface area contributed by atoms with Crippen LogP contribution in [0.15, 0.2) is 29.2 Å². The lowest BCUT2D eigenvalue weighted by atomic mass is 9.97. The third kappa shape index (κ3) is 4.30. The summed E-state index contributed by atoms with van der Waals surface area (Å²) in [5.41, 5.74) is 1.42. The molecule has 18 heavy (non-hydrogen) atoms. The second-order valence-electron chi connectivity index (χ2n) is 5.24. The molecule has 0 unspecified atom stereocenters. The highest BCUT2D eigenvalue weighted by atomic mass is 32.2. The van der Waals surface area contributed by atoms with Crippen LogP contribution >= 0.6 is 11.8 Å². The predicted molar refractivity (Wildman–Crippen MR) is 80.2 cm³/mol. The summed E-state index contributed by atoms with van der Waals surface area (Å²) in [6, 6.07) is 8.95. The van der Waals surface area contributed by atoms with Crippen molar-refractivity contribution >= 4 is 11.8 Å². The van der Waals surface area contributed by atoms with Crippen molar-refractivity contribution in [2.24, 2.45) is 5.92 Å². The van der Waals surface area contributed by atoms with Gasteiger partial charge in [-0.25, -0.2) is 0 Å². The Morgan fingerprint density at radius 3 is 2.50 bits per heavy atom. The first-order valence-electron chi connectivity index (χ1n) is 6.80. The third-order valence-corrected chi connectivity index (χ3v) is 4.38. The van der Waals surface area contributed by atoms with E-state index in [0.717, 1.165) is 12.5 Å². The summed E-state index contributed by atoms with van der Waals surface area (Å²) in [4.78, 5) is 3.81. The molecule has 1 aliphatic rings. The van der Waals surface area contributed by atoms with Gasteiger partial charge < -0.3 is 10.2 Å². The summed E-state index contributed by atoms with van der Waals surface area (Å²) >= 11 is 1.80. The van der Waals surface area contributed by atoms with Crippen molar-refractivity contribution < 1.29 is 0 Å². The molecule has 1 fully saturated rings. The Morgan fingerprint density at radius 1 is 1.22 bits per heavy atom. The fourth-order valence-electron chi connectivity index (χ4n) is 2.61. The monoisotopic (exact) mass is 264 g/mol. The highest BCUT2D eigenvalue weighted by Gasteiger charge is 2.14. The van der Waals surface area contributed by atoms with Crippen LogP contribution in [0.5, 0.6) is 0 Å². The molecule has 1 heterocycles. The number of hydrogen-bond donors (Lipinski definition) is 1. The van der Waals surface area contributed by atoms with E-state index in [1.807, 2.05) is 0 Å². The van der Waals surface area contributed by atoms with Crippen LogP contribution < -0.4 is 5.32 Å². The Bertz CT molecular complexity index is 344. The number of rotatable bonds is 5. The van der Waals surface area contributed by atoms with Gasteiger partial charge in [0, 0.05) is 18.0 Å². The highest BCUT2D eigenvalue weighted by Crippen LogP contribution is 2.17. The molecule has 1 saturated heterocycles. The first kappa shape index (κ1) is 13.9. The number of nitrogens with zero attached hydrogens (tertiary/aromatic N) is 1. The summed E-state index contributed by atoms with van der Waals surface area (Å²) in [7, 11) is 2.24.